The number of rotatable bonds is 5. The highest BCUT2D eigenvalue weighted by atomic mass is 16.3. The molecule has 0 radical (unpaired) electrons. The van der Waals surface area contributed by atoms with Gasteiger partial charge in [0, 0.05) is 6.42 Å². The van der Waals surface area contributed by atoms with Gasteiger partial charge in [0.1, 0.15) is 0 Å². The first-order valence-corrected chi connectivity index (χ1v) is 5.22. The predicted octanol–water partition coefficient (Wildman–Crippen LogP) is 4.30. The highest BCUT2D eigenvalue weighted by Crippen LogP contribution is 2.29. The molecule has 0 aromatic rings. The molecule has 0 aliphatic rings. The molecule has 0 aromatic carbocycles. The van der Waals surface area contributed by atoms with Crippen molar-refractivity contribution in [3.8, 4) is 0 Å². The van der Waals surface area contributed by atoms with E-state index in [4.69, 9.17) is 5.11 Å². The van der Waals surface area contributed by atoms with Gasteiger partial charge in [0.2, 0.25) is 0 Å². The molecular formula is C12H24O. The smallest absolute Gasteiger partial charge is 0.0851 e. The molecule has 0 aliphatic heterocycles. The van der Waals surface area contributed by atoms with E-state index >= 15 is 0 Å². The number of aliphatic hydroxyl groups excluding tert-OH is 1. The minimum absolute atomic E-state index is 0.326. The fourth-order valence-corrected chi connectivity index (χ4v) is 1.69. The summed E-state index contributed by atoms with van der Waals surface area (Å²) in [6.45, 7) is 12.5. The molecule has 0 saturated carbocycles. The van der Waals surface area contributed by atoms with Crippen LogP contribution in [0.4, 0.5) is 0 Å². The summed E-state index contributed by atoms with van der Waals surface area (Å²) < 4.78 is 0. The molecule has 0 bridgehead atoms. The molecule has 13 heavy (non-hydrogen) atoms. The zero-order chi connectivity index (χ0) is 10.5. The largest absolute Gasteiger partial charge is 0.513 e. The van der Waals surface area contributed by atoms with Crippen molar-refractivity contribution in [3.05, 3.63) is 12.3 Å². The van der Waals surface area contributed by atoms with E-state index in [2.05, 4.69) is 34.3 Å². The molecule has 0 heterocycles. The SMILES string of the molecule is C=C(O)CC[C@@H](CC)CC(C)(C)C. The van der Waals surface area contributed by atoms with Crippen molar-refractivity contribution in [2.45, 2.75) is 53.4 Å². The van der Waals surface area contributed by atoms with Gasteiger partial charge < -0.3 is 5.11 Å². The molecule has 0 aromatic heterocycles. The first kappa shape index (κ1) is 12.5. The van der Waals surface area contributed by atoms with E-state index in [1.165, 1.54) is 12.8 Å². The summed E-state index contributed by atoms with van der Waals surface area (Å²) in [5, 5.41) is 9.00. The lowest BCUT2D eigenvalue weighted by Gasteiger charge is -2.25. The Balaban J connectivity index is 3.83. The normalized spacial score (nSPS) is 14.2. The van der Waals surface area contributed by atoms with Crippen LogP contribution in [0.3, 0.4) is 0 Å². The fraction of sp³-hybridized carbons (Fsp3) is 0.833. The van der Waals surface area contributed by atoms with Crippen molar-refractivity contribution in [1.29, 1.82) is 0 Å². The van der Waals surface area contributed by atoms with Crippen LogP contribution in [0.25, 0.3) is 0 Å². The third-order valence-electron chi connectivity index (χ3n) is 2.32. The van der Waals surface area contributed by atoms with Crippen LogP contribution < -0.4 is 0 Å². The maximum absolute atomic E-state index is 9.00. The maximum Gasteiger partial charge on any atom is 0.0851 e. The van der Waals surface area contributed by atoms with Gasteiger partial charge in [-0.1, -0.05) is 40.7 Å². The van der Waals surface area contributed by atoms with E-state index in [9.17, 15) is 0 Å². The highest BCUT2D eigenvalue weighted by molar-refractivity contribution is 4.80. The Morgan fingerprint density at radius 3 is 2.23 bits per heavy atom. The van der Waals surface area contributed by atoms with Crippen molar-refractivity contribution in [2.75, 3.05) is 0 Å². The first-order chi connectivity index (χ1) is 5.85. The molecule has 1 heteroatoms. The molecule has 1 nitrogen and oxygen atoms in total. The van der Waals surface area contributed by atoms with Gasteiger partial charge in [-0.15, -0.1) is 0 Å². The molecule has 0 fully saturated rings. The molecular weight excluding hydrogens is 160 g/mol. The Bertz CT molecular complexity index is 153. The molecule has 78 valence electrons. The first-order valence-electron chi connectivity index (χ1n) is 5.22. The lowest BCUT2D eigenvalue weighted by Crippen LogP contribution is -2.12. The van der Waals surface area contributed by atoms with E-state index in [1.54, 1.807) is 0 Å². The quantitative estimate of drug-likeness (QED) is 0.631. The summed E-state index contributed by atoms with van der Waals surface area (Å²) in [6.07, 6.45) is 4.26. The second-order valence-electron chi connectivity index (χ2n) is 5.14. The minimum atomic E-state index is 0.326. The molecule has 0 amide bonds. The molecule has 1 atom stereocenters. The van der Waals surface area contributed by atoms with E-state index in [0.29, 0.717) is 11.2 Å². The summed E-state index contributed by atoms with van der Waals surface area (Å²) >= 11 is 0. The summed E-state index contributed by atoms with van der Waals surface area (Å²) in [6, 6.07) is 0. The third kappa shape index (κ3) is 7.89. The van der Waals surface area contributed by atoms with Crippen LogP contribution in [0.5, 0.6) is 0 Å². The zero-order valence-electron chi connectivity index (χ0n) is 9.56. The molecule has 0 rings (SSSR count). The van der Waals surface area contributed by atoms with E-state index in [0.717, 1.165) is 18.8 Å². The summed E-state index contributed by atoms with van der Waals surface area (Å²) in [7, 11) is 0. The minimum Gasteiger partial charge on any atom is -0.513 e. The molecule has 0 unspecified atom stereocenters. The Morgan fingerprint density at radius 1 is 1.38 bits per heavy atom. The maximum atomic E-state index is 9.00. The van der Waals surface area contributed by atoms with E-state index in [1.807, 2.05) is 0 Å². The van der Waals surface area contributed by atoms with Crippen LogP contribution in [0.15, 0.2) is 12.3 Å². The monoisotopic (exact) mass is 184 g/mol. The second kappa shape index (κ2) is 5.31. The Kier molecular flexibility index (Phi) is 5.12. The molecule has 0 aliphatic carbocycles. The van der Waals surface area contributed by atoms with Crippen molar-refractivity contribution >= 4 is 0 Å². The van der Waals surface area contributed by atoms with Crippen LogP contribution in [-0.2, 0) is 0 Å². The summed E-state index contributed by atoms with van der Waals surface area (Å²) in [5.74, 6) is 1.05. The standard InChI is InChI=1S/C12H24O/c1-6-11(8-7-10(2)13)9-12(3,4)5/h11,13H,2,6-9H2,1,3-5H3/t11-/m1/s1. The number of hydrogen-bond acceptors (Lipinski definition) is 1. The van der Waals surface area contributed by atoms with E-state index < -0.39 is 0 Å². The average Bonchev–Trinajstić information content (AvgIpc) is 1.95. The van der Waals surface area contributed by atoms with Gasteiger partial charge in [-0.3, -0.25) is 0 Å². The Morgan fingerprint density at radius 2 is 1.92 bits per heavy atom. The van der Waals surface area contributed by atoms with Crippen LogP contribution >= 0.6 is 0 Å². The van der Waals surface area contributed by atoms with E-state index in [-0.39, 0.29) is 0 Å². The predicted molar refractivity (Wildman–Crippen MR) is 58.9 cm³/mol. The fourth-order valence-electron chi connectivity index (χ4n) is 1.69. The number of aliphatic hydroxyl groups is 1. The molecule has 1 N–H and O–H groups in total. The van der Waals surface area contributed by atoms with Crippen molar-refractivity contribution < 1.29 is 5.11 Å². The lowest BCUT2D eigenvalue weighted by atomic mass is 9.81. The third-order valence-corrected chi connectivity index (χ3v) is 2.32. The van der Waals surface area contributed by atoms with Gasteiger partial charge in [-0.2, -0.15) is 0 Å². The van der Waals surface area contributed by atoms with Gasteiger partial charge in [-0.25, -0.2) is 0 Å². The lowest BCUT2D eigenvalue weighted by molar-refractivity contribution is 0.266. The van der Waals surface area contributed by atoms with Gasteiger partial charge in [-0.05, 0) is 24.2 Å². The van der Waals surface area contributed by atoms with Gasteiger partial charge >= 0.3 is 0 Å². The van der Waals surface area contributed by atoms with Crippen LogP contribution in [0.1, 0.15) is 53.4 Å². The van der Waals surface area contributed by atoms with Crippen molar-refractivity contribution in [3.63, 3.8) is 0 Å². The van der Waals surface area contributed by atoms with Gasteiger partial charge in [0.15, 0.2) is 0 Å². The second-order valence-corrected chi connectivity index (χ2v) is 5.14. The van der Waals surface area contributed by atoms with Crippen molar-refractivity contribution in [1.82, 2.24) is 0 Å². The average molecular weight is 184 g/mol. The van der Waals surface area contributed by atoms with Crippen LogP contribution in [0, 0.1) is 11.3 Å². The molecule has 0 spiro atoms. The zero-order valence-corrected chi connectivity index (χ0v) is 9.56. The van der Waals surface area contributed by atoms with Crippen molar-refractivity contribution in [2.24, 2.45) is 11.3 Å². The topological polar surface area (TPSA) is 20.2 Å². The number of hydrogen-bond donors (Lipinski definition) is 1. The van der Waals surface area contributed by atoms with Gasteiger partial charge in [0.25, 0.3) is 0 Å². The van der Waals surface area contributed by atoms with Gasteiger partial charge in [0.05, 0.1) is 5.76 Å². The van der Waals surface area contributed by atoms with Crippen LogP contribution in [0.2, 0.25) is 0 Å². The Labute approximate surface area is 82.9 Å². The summed E-state index contributed by atoms with van der Waals surface area (Å²) in [5.41, 5.74) is 0.400. The Hall–Kier alpha value is -0.460. The summed E-state index contributed by atoms with van der Waals surface area (Å²) in [4.78, 5) is 0. The molecule has 0 saturated heterocycles. The number of allylic oxidation sites excluding steroid dienone is 1. The highest BCUT2D eigenvalue weighted by Gasteiger charge is 2.17. The van der Waals surface area contributed by atoms with Crippen LogP contribution in [-0.4, -0.2) is 5.11 Å².